The van der Waals surface area contributed by atoms with Crippen molar-refractivity contribution >= 4 is 11.8 Å². The fourth-order valence-corrected chi connectivity index (χ4v) is 2.47. The van der Waals surface area contributed by atoms with Crippen molar-refractivity contribution in [1.82, 2.24) is 9.97 Å². The minimum Gasteiger partial charge on any atom is -0.383 e. The number of rotatable bonds is 4. The summed E-state index contributed by atoms with van der Waals surface area (Å²) in [6.45, 7) is 6.32. The third kappa shape index (κ3) is 3.07. The first-order valence-electron chi connectivity index (χ1n) is 7.01. The molecule has 4 nitrogen and oxygen atoms in total. The topological polar surface area (TPSA) is 77.8 Å². The van der Waals surface area contributed by atoms with Crippen LogP contribution in [0.1, 0.15) is 36.5 Å². The van der Waals surface area contributed by atoms with Gasteiger partial charge in [0.05, 0.1) is 5.69 Å². The van der Waals surface area contributed by atoms with E-state index in [1.807, 2.05) is 0 Å². The number of nitrogen functional groups attached to an aromatic ring is 2. The van der Waals surface area contributed by atoms with Crippen molar-refractivity contribution in [1.29, 1.82) is 0 Å². The van der Waals surface area contributed by atoms with Crippen molar-refractivity contribution < 1.29 is 0 Å². The second-order valence-corrected chi connectivity index (χ2v) is 5.27. The zero-order valence-corrected chi connectivity index (χ0v) is 12.4. The molecule has 0 bridgehead atoms. The van der Waals surface area contributed by atoms with E-state index >= 15 is 0 Å². The molecule has 2 rings (SSSR count). The summed E-state index contributed by atoms with van der Waals surface area (Å²) in [6, 6.07) is 6.37. The van der Waals surface area contributed by atoms with Crippen LogP contribution in [0.25, 0.3) is 11.3 Å². The standard InChI is InChI=1S/C16H22N4/c1-4-5-6-13-14(19-16(18)20-15(13)17)12-8-10(2)7-11(3)9-12/h7-9H,4-6H2,1-3H3,(H4,17,18,19,20). The molecule has 1 aromatic heterocycles. The number of nitrogens with zero attached hydrogens (tertiary/aromatic N) is 2. The van der Waals surface area contributed by atoms with Gasteiger partial charge in [-0.05, 0) is 38.8 Å². The van der Waals surface area contributed by atoms with Crippen LogP contribution in [0.2, 0.25) is 0 Å². The maximum absolute atomic E-state index is 6.05. The van der Waals surface area contributed by atoms with Crippen LogP contribution < -0.4 is 11.5 Å². The van der Waals surface area contributed by atoms with Crippen molar-refractivity contribution in [3.63, 3.8) is 0 Å². The quantitative estimate of drug-likeness (QED) is 0.893. The number of hydrogen-bond acceptors (Lipinski definition) is 4. The summed E-state index contributed by atoms with van der Waals surface area (Å²) in [5.74, 6) is 0.733. The number of unbranched alkanes of at least 4 members (excludes halogenated alkanes) is 1. The van der Waals surface area contributed by atoms with Crippen LogP contribution in [0.4, 0.5) is 11.8 Å². The van der Waals surface area contributed by atoms with Crippen molar-refractivity contribution in [3.8, 4) is 11.3 Å². The molecule has 4 N–H and O–H groups in total. The molecule has 0 aliphatic heterocycles. The van der Waals surface area contributed by atoms with Gasteiger partial charge in [0.15, 0.2) is 0 Å². The molecule has 0 spiro atoms. The van der Waals surface area contributed by atoms with Gasteiger partial charge in [0.25, 0.3) is 0 Å². The molecule has 0 saturated carbocycles. The second-order valence-electron chi connectivity index (χ2n) is 5.27. The van der Waals surface area contributed by atoms with Gasteiger partial charge < -0.3 is 11.5 Å². The Kier molecular flexibility index (Phi) is 4.23. The summed E-state index contributed by atoms with van der Waals surface area (Å²) < 4.78 is 0. The summed E-state index contributed by atoms with van der Waals surface area (Å²) in [7, 11) is 0. The highest BCUT2D eigenvalue weighted by molar-refractivity contribution is 5.70. The predicted octanol–water partition coefficient (Wildman–Crippen LogP) is 3.27. The number of hydrogen-bond donors (Lipinski definition) is 2. The lowest BCUT2D eigenvalue weighted by Crippen LogP contribution is -2.07. The number of benzene rings is 1. The molecule has 4 heteroatoms. The number of anilines is 2. The maximum atomic E-state index is 6.05. The Bertz CT molecular complexity index is 600. The lowest BCUT2D eigenvalue weighted by atomic mass is 9.99. The van der Waals surface area contributed by atoms with Gasteiger partial charge in [-0.3, -0.25) is 0 Å². The van der Waals surface area contributed by atoms with Crippen LogP contribution in [-0.4, -0.2) is 9.97 Å². The minimum absolute atomic E-state index is 0.233. The number of aryl methyl sites for hydroxylation is 2. The van der Waals surface area contributed by atoms with Gasteiger partial charge in [0, 0.05) is 11.1 Å². The van der Waals surface area contributed by atoms with E-state index in [2.05, 4.69) is 48.9 Å². The zero-order valence-electron chi connectivity index (χ0n) is 12.4. The second kappa shape index (κ2) is 5.90. The molecule has 20 heavy (non-hydrogen) atoms. The van der Waals surface area contributed by atoms with E-state index < -0.39 is 0 Å². The van der Waals surface area contributed by atoms with Crippen molar-refractivity contribution in [2.45, 2.75) is 40.0 Å². The Labute approximate surface area is 120 Å². The van der Waals surface area contributed by atoms with Crippen LogP contribution in [0, 0.1) is 13.8 Å². The van der Waals surface area contributed by atoms with Gasteiger partial charge in [-0.2, -0.15) is 4.98 Å². The van der Waals surface area contributed by atoms with Crippen molar-refractivity contribution in [2.24, 2.45) is 0 Å². The fourth-order valence-electron chi connectivity index (χ4n) is 2.47. The average molecular weight is 270 g/mol. The zero-order chi connectivity index (χ0) is 14.7. The van der Waals surface area contributed by atoms with E-state index in [9.17, 15) is 0 Å². The highest BCUT2D eigenvalue weighted by atomic mass is 15.0. The highest BCUT2D eigenvalue weighted by Gasteiger charge is 2.13. The van der Waals surface area contributed by atoms with Gasteiger partial charge in [-0.1, -0.05) is 30.5 Å². The summed E-state index contributed by atoms with van der Waals surface area (Å²) in [5.41, 5.74) is 17.2. The van der Waals surface area contributed by atoms with Gasteiger partial charge in [-0.25, -0.2) is 4.98 Å². The molecule has 106 valence electrons. The van der Waals surface area contributed by atoms with E-state index in [1.165, 1.54) is 11.1 Å². The molecule has 0 saturated heterocycles. The van der Waals surface area contributed by atoms with E-state index in [-0.39, 0.29) is 5.95 Å². The van der Waals surface area contributed by atoms with Crippen LogP contribution >= 0.6 is 0 Å². The molecule has 0 aliphatic rings. The third-order valence-corrected chi connectivity index (χ3v) is 3.33. The number of nitrogens with two attached hydrogens (primary N) is 2. The molecule has 2 aromatic rings. The molecule has 0 aliphatic carbocycles. The molecule has 1 heterocycles. The minimum atomic E-state index is 0.233. The van der Waals surface area contributed by atoms with Crippen LogP contribution in [0.5, 0.6) is 0 Å². The van der Waals surface area contributed by atoms with Crippen LogP contribution in [-0.2, 0) is 6.42 Å². The summed E-state index contributed by atoms with van der Waals surface area (Å²) in [4.78, 5) is 8.53. The Balaban J connectivity index is 2.58. The Hall–Kier alpha value is -2.10. The predicted molar refractivity (Wildman–Crippen MR) is 84.4 cm³/mol. The molecule has 0 radical (unpaired) electrons. The van der Waals surface area contributed by atoms with E-state index in [0.717, 1.165) is 36.1 Å². The first kappa shape index (κ1) is 14.3. The van der Waals surface area contributed by atoms with E-state index in [0.29, 0.717) is 5.82 Å². The van der Waals surface area contributed by atoms with Crippen molar-refractivity contribution in [2.75, 3.05) is 11.5 Å². The van der Waals surface area contributed by atoms with E-state index in [1.54, 1.807) is 0 Å². The molecule has 0 fully saturated rings. The van der Waals surface area contributed by atoms with Crippen LogP contribution in [0.3, 0.4) is 0 Å². The molecule has 0 atom stereocenters. The Morgan fingerprint density at radius 3 is 2.25 bits per heavy atom. The monoisotopic (exact) mass is 270 g/mol. The molecular formula is C16H22N4. The summed E-state index contributed by atoms with van der Waals surface area (Å²) >= 11 is 0. The normalized spacial score (nSPS) is 10.8. The van der Waals surface area contributed by atoms with E-state index in [4.69, 9.17) is 11.5 Å². The highest BCUT2D eigenvalue weighted by Crippen LogP contribution is 2.28. The molecule has 1 aromatic carbocycles. The molecule has 0 unspecified atom stereocenters. The SMILES string of the molecule is CCCCc1c(N)nc(N)nc1-c1cc(C)cc(C)c1. The number of aromatic nitrogens is 2. The average Bonchev–Trinajstić information content (AvgIpc) is 2.35. The van der Waals surface area contributed by atoms with Gasteiger partial charge in [0.1, 0.15) is 5.82 Å². The smallest absolute Gasteiger partial charge is 0.222 e. The summed E-state index contributed by atoms with van der Waals surface area (Å²) in [5, 5.41) is 0. The third-order valence-electron chi connectivity index (χ3n) is 3.33. The van der Waals surface area contributed by atoms with Crippen LogP contribution in [0.15, 0.2) is 18.2 Å². The first-order valence-corrected chi connectivity index (χ1v) is 7.01. The van der Waals surface area contributed by atoms with Gasteiger partial charge in [-0.15, -0.1) is 0 Å². The molecule has 0 amide bonds. The maximum Gasteiger partial charge on any atom is 0.222 e. The van der Waals surface area contributed by atoms with Gasteiger partial charge in [0.2, 0.25) is 5.95 Å². The Morgan fingerprint density at radius 1 is 1.00 bits per heavy atom. The fraction of sp³-hybridized carbons (Fsp3) is 0.375. The van der Waals surface area contributed by atoms with Crippen molar-refractivity contribution in [3.05, 3.63) is 34.9 Å². The molecular weight excluding hydrogens is 248 g/mol. The lowest BCUT2D eigenvalue weighted by Gasteiger charge is -2.13. The largest absolute Gasteiger partial charge is 0.383 e. The lowest BCUT2D eigenvalue weighted by molar-refractivity contribution is 0.792. The first-order chi connectivity index (χ1) is 9.51. The van der Waals surface area contributed by atoms with Gasteiger partial charge >= 0.3 is 0 Å². The summed E-state index contributed by atoms with van der Waals surface area (Å²) in [6.07, 6.45) is 3.05. The Morgan fingerprint density at radius 2 is 1.65 bits per heavy atom.